The number of benzene rings is 2. The molecule has 5 heteroatoms. The predicted octanol–water partition coefficient (Wildman–Crippen LogP) is 4.18. The molecule has 4 nitrogen and oxygen atoms in total. The molecule has 0 bridgehead atoms. The van der Waals surface area contributed by atoms with Crippen molar-refractivity contribution in [1.29, 1.82) is 0 Å². The Morgan fingerprint density at radius 3 is 2.38 bits per heavy atom. The third kappa shape index (κ3) is 3.95. The highest BCUT2D eigenvalue weighted by molar-refractivity contribution is 6.31. The van der Waals surface area contributed by atoms with Gasteiger partial charge in [0, 0.05) is 22.2 Å². The van der Waals surface area contributed by atoms with Crippen molar-refractivity contribution in [3.05, 3.63) is 64.7 Å². The van der Waals surface area contributed by atoms with Gasteiger partial charge in [0.25, 0.3) is 5.91 Å². The van der Waals surface area contributed by atoms with E-state index in [0.717, 1.165) is 18.4 Å². The first kappa shape index (κ1) is 16.5. The molecule has 0 radical (unpaired) electrons. The van der Waals surface area contributed by atoms with E-state index in [1.807, 2.05) is 25.1 Å². The van der Waals surface area contributed by atoms with Crippen LogP contribution in [0.5, 0.6) is 0 Å². The number of anilines is 1. The summed E-state index contributed by atoms with van der Waals surface area (Å²) in [7, 11) is 0. The van der Waals surface area contributed by atoms with Crippen LogP contribution in [-0.2, 0) is 4.79 Å². The highest BCUT2D eigenvalue weighted by Crippen LogP contribution is 2.30. The van der Waals surface area contributed by atoms with Crippen molar-refractivity contribution in [3.63, 3.8) is 0 Å². The molecular formula is C19H19ClN2O2. The minimum Gasteiger partial charge on any atom is -0.345 e. The molecule has 0 heterocycles. The first-order valence-corrected chi connectivity index (χ1v) is 8.38. The number of amides is 2. The van der Waals surface area contributed by atoms with Gasteiger partial charge >= 0.3 is 0 Å². The molecule has 0 saturated heterocycles. The molecule has 1 fully saturated rings. The number of nitrogens with one attached hydrogen (secondary N) is 2. The SMILES string of the molecule is C[C@H](NC(=O)c1ccc(NC(=O)C2CC2)cc1)c1ccccc1Cl. The minimum absolute atomic E-state index is 0.0551. The number of rotatable bonds is 5. The van der Waals surface area contributed by atoms with E-state index in [9.17, 15) is 9.59 Å². The molecule has 0 aliphatic heterocycles. The van der Waals surface area contributed by atoms with Crippen LogP contribution < -0.4 is 10.6 Å². The maximum Gasteiger partial charge on any atom is 0.251 e. The van der Waals surface area contributed by atoms with E-state index in [4.69, 9.17) is 11.6 Å². The Kier molecular flexibility index (Phi) is 4.86. The third-order valence-corrected chi connectivity index (χ3v) is 4.43. The maximum absolute atomic E-state index is 12.3. The van der Waals surface area contributed by atoms with Crippen LogP contribution in [0.1, 0.15) is 41.7 Å². The molecule has 0 unspecified atom stereocenters. The summed E-state index contributed by atoms with van der Waals surface area (Å²) in [6, 6.07) is 14.1. The molecule has 24 heavy (non-hydrogen) atoms. The lowest BCUT2D eigenvalue weighted by Crippen LogP contribution is -2.26. The zero-order valence-electron chi connectivity index (χ0n) is 13.4. The second-order valence-electron chi connectivity index (χ2n) is 6.06. The molecule has 2 amide bonds. The zero-order chi connectivity index (χ0) is 17.1. The Balaban J connectivity index is 1.62. The van der Waals surface area contributed by atoms with Crippen LogP contribution in [0.4, 0.5) is 5.69 Å². The Labute approximate surface area is 146 Å². The summed E-state index contributed by atoms with van der Waals surface area (Å²) in [6.45, 7) is 1.89. The third-order valence-electron chi connectivity index (χ3n) is 4.08. The van der Waals surface area contributed by atoms with Crippen LogP contribution in [0.15, 0.2) is 48.5 Å². The molecular weight excluding hydrogens is 324 g/mol. The van der Waals surface area contributed by atoms with Gasteiger partial charge in [-0.05, 0) is 55.7 Å². The van der Waals surface area contributed by atoms with E-state index < -0.39 is 0 Å². The molecule has 3 rings (SSSR count). The van der Waals surface area contributed by atoms with Crippen molar-refractivity contribution in [2.24, 2.45) is 5.92 Å². The monoisotopic (exact) mass is 342 g/mol. The van der Waals surface area contributed by atoms with E-state index >= 15 is 0 Å². The molecule has 2 N–H and O–H groups in total. The highest BCUT2D eigenvalue weighted by Gasteiger charge is 2.29. The van der Waals surface area contributed by atoms with E-state index in [2.05, 4.69) is 10.6 Å². The van der Waals surface area contributed by atoms with Crippen LogP contribution in [0, 0.1) is 5.92 Å². The van der Waals surface area contributed by atoms with Crippen molar-refractivity contribution >= 4 is 29.1 Å². The Morgan fingerprint density at radius 2 is 1.75 bits per heavy atom. The van der Waals surface area contributed by atoms with Crippen LogP contribution in [-0.4, -0.2) is 11.8 Å². The number of hydrogen-bond acceptors (Lipinski definition) is 2. The standard InChI is InChI=1S/C19H19ClN2O2/c1-12(16-4-2-3-5-17(16)20)21-18(23)14-8-10-15(11-9-14)22-19(24)13-6-7-13/h2-5,8-13H,6-7H2,1H3,(H,21,23)(H,22,24)/t12-/m0/s1. The van der Waals surface area contributed by atoms with Gasteiger partial charge in [-0.2, -0.15) is 0 Å². The number of carbonyl (C=O) groups excluding carboxylic acids is 2. The molecule has 1 aliphatic carbocycles. The van der Waals surface area contributed by atoms with Gasteiger partial charge < -0.3 is 10.6 Å². The normalized spacial score (nSPS) is 14.8. The van der Waals surface area contributed by atoms with Crippen LogP contribution >= 0.6 is 11.6 Å². The smallest absolute Gasteiger partial charge is 0.251 e. The van der Waals surface area contributed by atoms with Crippen LogP contribution in [0.25, 0.3) is 0 Å². The van der Waals surface area contributed by atoms with Crippen molar-refractivity contribution in [3.8, 4) is 0 Å². The van der Waals surface area contributed by atoms with Gasteiger partial charge in [-0.3, -0.25) is 9.59 Å². The van der Waals surface area contributed by atoms with Gasteiger partial charge in [0.1, 0.15) is 0 Å². The number of hydrogen-bond donors (Lipinski definition) is 2. The number of carbonyl (C=O) groups is 2. The summed E-state index contributed by atoms with van der Waals surface area (Å²) in [5.41, 5.74) is 2.13. The predicted molar refractivity (Wildman–Crippen MR) is 95.1 cm³/mol. The van der Waals surface area contributed by atoms with E-state index in [1.54, 1.807) is 30.3 Å². The Morgan fingerprint density at radius 1 is 1.08 bits per heavy atom. The van der Waals surface area contributed by atoms with Crippen molar-refractivity contribution in [2.75, 3.05) is 5.32 Å². The molecule has 1 saturated carbocycles. The molecule has 0 aromatic heterocycles. The molecule has 124 valence electrons. The van der Waals surface area contributed by atoms with Gasteiger partial charge in [-0.1, -0.05) is 29.8 Å². The second-order valence-corrected chi connectivity index (χ2v) is 6.46. The maximum atomic E-state index is 12.3. The fourth-order valence-corrected chi connectivity index (χ4v) is 2.78. The van der Waals surface area contributed by atoms with E-state index in [-0.39, 0.29) is 23.8 Å². The summed E-state index contributed by atoms with van der Waals surface area (Å²) in [5.74, 6) is 0.0338. The summed E-state index contributed by atoms with van der Waals surface area (Å²) in [6.07, 6.45) is 1.93. The molecule has 2 aromatic rings. The topological polar surface area (TPSA) is 58.2 Å². The van der Waals surface area contributed by atoms with Gasteiger partial charge in [0.05, 0.1) is 6.04 Å². The van der Waals surface area contributed by atoms with E-state index in [0.29, 0.717) is 16.3 Å². The van der Waals surface area contributed by atoms with Gasteiger partial charge in [-0.25, -0.2) is 0 Å². The second kappa shape index (κ2) is 7.05. The lowest BCUT2D eigenvalue weighted by atomic mass is 10.1. The summed E-state index contributed by atoms with van der Waals surface area (Å²) in [5, 5.41) is 6.42. The highest BCUT2D eigenvalue weighted by atomic mass is 35.5. The first-order valence-electron chi connectivity index (χ1n) is 8.01. The molecule has 1 atom stereocenters. The quantitative estimate of drug-likeness (QED) is 0.856. The van der Waals surface area contributed by atoms with Gasteiger partial charge in [-0.15, -0.1) is 0 Å². The van der Waals surface area contributed by atoms with Crippen molar-refractivity contribution in [2.45, 2.75) is 25.8 Å². The zero-order valence-corrected chi connectivity index (χ0v) is 14.1. The molecule has 2 aromatic carbocycles. The van der Waals surface area contributed by atoms with Crippen LogP contribution in [0.2, 0.25) is 5.02 Å². The fourth-order valence-electron chi connectivity index (χ4n) is 2.48. The molecule has 1 aliphatic rings. The first-order chi connectivity index (χ1) is 11.5. The number of halogens is 1. The Bertz CT molecular complexity index is 754. The summed E-state index contributed by atoms with van der Waals surface area (Å²) >= 11 is 6.16. The molecule has 0 spiro atoms. The van der Waals surface area contributed by atoms with Gasteiger partial charge in [0.2, 0.25) is 5.91 Å². The lowest BCUT2D eigenvalue weighted by Gasteiger charge is -2.16. The average molecular weight is 343 g/mol. The van der Waals surface area contributed by atoms with Gasteiger partial charge in [0.15, 0.2) is 0 Å². The van der Waals surface area contributed by atoms with Crippen molar-refractivity contribution in [1.82, 2.24) is 5.32 Å². The Hall–Kier alpha value is -2.33. The fraction of sp³-hybridized carbons (Fsp3) is 0.263. The summed E-state index contributed by atoms with van der Waals surface area (Å²) in [4.78, 5) is 24.1. The van der Waals surface area contributed by atoms with E-state index in [1.165, 1.54) is 0 Å². The summed E-state index contributed by atoms with van der Waals surface area (Å²) < 4.78 is 0. The average Bonchev–Trinajstić information content (AvgIpc) is 3.40. The van der Waals surface area contributed by atoms with Crippen molar-refractivity contribution < 1.29 is 9.59 Å². The lowest BCUT2D eigenvalue weighted by molar-refractivity contribution is -0.117. The minimum atomic E-state index is -0.194. The largest absolute Gasteiger partial charge is 0.345 e. The van der Waals surface area contributed by atoms with Crippen LogP contribution in [0.3, 0.4) is 0 Å².